The van der Waals surface area contributed by atoms with E-state index in [2.05, 4.69) is 15.9 Å². The van der Waals surface area contributed by atoms with Gasteiger partial charge in [-0.05, 0) is 42.8 Å². The minimum absolute atomic E-state index is 0.424. The molecule has 0 aliphatic heterocycles. The lowest BCUT2D eigenvalue weighted by Gasteiger charge is -2.07. The topological polar surface area (TPSA) is 35.5 Å². The summed E-state index contributed by atoms with van der Waals surface area (Å²) < 4.78 is 11.8. The monoisotopic (exact) mass is 360 g/mol. The molecule has 0 saturated carbocycles. The van der Waals surface area contributed by atoms with E-state index in [1.807, 2.05) is 43.3 Å². The van der Waals surface area contributed by atoms with E-state index in [-0.39, 0.29) is 0 Å². The number of esters is 1. The van der Waals surface area contributed by atoms with Gasteiger partial charge in [-0.25, -0.2) is 4.79 Å². The van der Waals surface area contributed by atoms with Crippen molar-refractivity contribution in [1.29, 1.82) is 0 Å². The van der Waals surface area contributed by atoms with Crippen LogP contribution in [-0.4, -0.2) is 12.6 Å². The standard InChI is InChI=1S/C18H17BrO3/c1-2-13-21-17-6-4-3-5-14(17)7-12-18(20)22-16-10-8-15(19)9-11-16/h3-12H,2,13H2,1H3/b12-7+. The number of hydrogen-bond donors (Lipinski definition) is 0. The predicted octanol–water partition coefficient (Wildman–Crippen LogP) is 4.86. The summed E-state index contributed by atoms with van der Waals surface area (Å²) in [4.78, 5) is 11.8. The molecule has 0 fully saturated rings. The maximum absolute atomic E-state index is 11.8. The summed E-state index contributed by atoms with van der Waals surface area (Å²) in [6.45, 7) is 2.70. The van der Waals surface area contributed by atoms with Gasteiger partial charge in [0.2, 0.25) is 0 Å². The van der Waals surface area contributed by atoms with Gasteiger partial charge in [-0.15, -0.1) is 0 Å². The Morgan fingerprint density at radius 3 is 2.59 bits per heavy atom. The van der Waals surface area contributed by atoms with Gasteiger partial charge in [-0.1, -0.05) is 41.1 Å². The maximum Gasteiger partial charge on any atom is 0.336 e. The second kappa shape index (κ2) is 8.39. The molecule has 2 aromatic carbocycles. The van der Waals surface area contributed by atoms with Gasteiger partial charge in [0.1, 0.15) is 11.5 Å². The van der Waals surface area contributed by atoms with Gasteiger partial charge in [-0.3, -0.25) is 0 Å². The molecule has 0 aliphatic rings. The van der Waals surface area contributed by atoms with Crippen LogP contribution in [0.3, 0.4) is 0 Å². The third-order valence-corrected chi connectivity index (χ3v) is 3.34. The molecular formula is C18H17BrO3. The van der Waals surface area contributed by atoms with Gasteiger partial charge in [-0.2, -0.15) is 0 Å². The van der Waals surface area contributed by atoms with E-state index in [0.29, 0.717) is 12.4 Å². The van der Waals surface area contributed by atoms with E-state index in [1.165, 1.54) is 6.08 Å². The molecule has 0 amide bonds. The molecule has 22 heavy (non-hydrogen) atoms. The molecular weight excluding hydrogens is 344 g/mol. The van der Waals surface area contributed by atoms with Gasteiger partial charge in [0.15, 0.2) is 0 Å². The molecule has 4 heteroatoms. The Bertz CT molecular complexity index is 648. The van der Waals surface area contributed by atoms with E-state index in [4.69, 9.17) is 9.47 Å². The van der Waals surface area contributed by atoms with Crippen LogP contribution in [0.1, 0.15) is 18.9 Å². The average molecular weight is 361 g/mol. The van der Waals surface area contributed by atoms with Crippen molar-refractivity contribution >= 4 is 28.0 Å². The highest BCUT2D eigenvalue weighted by molar-refractivity contribution is 9.10. The first-order valence-electron chi connectivity index (χ1n) is 7.06. The number of halogens is 1. The highest BCUT2D eigenvalue weighted by Crippen LogP contribution is 2.20. The first-order valence-corrected chi connectivity index (χ1v) is 7.85. The normalized spacial score (nSPS) is 10.6. The molecule has 0 radical (unpaired) electrons. The number of carbonyl (C=O) groups excluding carboxylic acids is 1. The number of rotatable bonds is 6. The van der Waals surface area contributed by atoms with Crippen molar-refractivity contribution < 1.29 is 14.3 Å². The zero-order valence-corrected chi connectivity index (χ0v) is 13.9. The van der Waals surface area contributed by atoms with Gasteiger partial charge >= 0.3 is 5.97 Å². The highest BCUT2D eigenvalue weighted by atomic mass is 79.9. The predicted molar refractivity (Wildman–Crippen MR) is 91.0 cm³/mol. The Morgan fingerprint density at radius 2 is 1.86 bits per heavy atom. The molecule has 0 aromatic heterocycles. The number of ether oxygens (including phenoxy) is 2. The zero-order chi connectivity index (χ0) is 15.8. The van der Waals surface area contributed by atoms with E-state index in [0.717, 1.165) is 22.2 Å². The van der Waals surface area contributed by atoms with Crippen LogP contribution in [0.25, 0.3) is 6.08 Å². The lowest BCUT2D eigenvalue weighted by molar-refractivity contribution is -0.128. The van der Waals surface area contributed by atoms with Crippen LogP contribution in [0.4, 0.5) is 0 Å². The molecule has 0 bridgehead atoms. The molecule has 0 N–H and O–H groups in total. The Kier molecular flexibility index (Phi) is 6.22. The van der Waals surface area contributed by atoms with Crippen molar-refractivity contribution in [3.05, 3.63) is 64.6 Å². The number of hydrogen-bond acceptors (Lipinski definition) is 3. The highest BCUT2D eigenvalue weighted by Gasteiger charge is 2.03. The van der Waals surface area contributed by atoms with Crippen molar-refractivity contribution in [2.24, 2.45) is 0 Å². The van der Waals surface area contributed by atoms with Crippen molar-refractivity contribution in [2.45, 2.75) is 13.3 Å². The Labute approximate surface area is 138 Å². The first-order chi connectivity index (χ1) is 10.7. The lowest BCUT2D eigenvalue weighted by atomic mass is 10.2. The largest absolute Gasteiger partial charge is 0.493 e. The third-order valence-electron chi connectivity index (χ3n) is 2.81. The van der Waals surface area contributed by atoms with Crippen molar-refractivity contribution in [3.63, 3.8) is 0 Å². The van der Waals surface area contributed by atoms with Crippen LogP contribution < -0.4 is 9.47 Å². The van der Waals surface area contributed by atoms with Crippen LogP contribution in [0, 0.1) is 0 Å². The smallest absolute Gasteiger partial charge is 0.336 e. The van der Waals surface area contributed by atoms with Crippen LogP contribution >= 0.6 is 15.9 Å². The summed E-state index contributed by atoms with van der Waals surface area (Å²) in [5.74, 6) is 0.845. The Morgan fingerprint density at radius 1 is 1.14 bits per heavy atom. The van der Waals surface area contributed by atoms with Gasteiger partial charge in [0.05, 0.1) is 6.61 Å². The molecule has 0 spiro atoms. The maximum atomic E-state index is 11.8. The van der Waals surface area contributed by atoms with Crippen LogP contribution in [-0.2, 0) is 4.79 Å². The fraction of sp³-hybridized carbons (Fsp3) is 0.167. The quantitative estimate of drug-likeness (QED) is 0.419. The summed E-state index contributed by atoms with van der Waals surface area (Å²) in [7, 11) is 0. The third kappa shape index (κ3) is 5.04. The van der Waals surface area contributed by atoms with Gasteiger partial charge in [0, 0.05) is 16.1 Å². The van der Waals surface area contributed by atoms with Crippen LogP contribution in [0.15, 0.2) is 59.1 Å². The number of para-hydroxylation sites is 1. The summed E-state index contributed by atoms with van der Waals surface area (Å²) >= 11 is 3.33. The van der Waals surface area contributed by atoms with E-state index in [1.54, 1.807) is 18.2 Å². The second-order valence-electron chi connectivity index (χ2n) is 4.59. The minimum atomic E-state index is -0.424. The molecule has 2 aromatic rings. The summed E-state index contributed by atoms with van der Waals surface area (Å²) in [6, 6.07) is 14.7. The molecule has 114 valence electrons. The molecule has 0 atom stereocenters. The fourth-order valence-corrected chi connectivity index (χ4v) is 2.04. The summed E-state index contributed by atoms with van der Waals surface area (Å²) in [5.41, 5.74) is 0.851. The first kappa shape index (κ1) is 16.3. The second-order valence-corrected chi connectivity index (χ2v) is 5.51. The molecule has 3 nitrogen and oxygen atoms in total. The van der Waals surface area contributed by atoms with Crippen molar-refractivity contribution in [3.8, 4) is 11.5 Å². The lowest BCUT2D eigenvalue weighted by Crippen LogP contribution is -2.03. The van der Waals surface area contributed by atoms with Crippen LogP contribution in [0.2, 0.25) is 0 Å². The Hall–Kier alpha value is -2.07. The molecule has 0 heterocycles. The van der Waals surface area contributed by atoms with Crippen molar-refractivity contribution in [1.82, 2.24) is 0 Å². The number of carbonyl (C=O) groups is 1. The minimum Gasteiger partial charge on any atom is -0.493 e. The average Bonchev–Trinajstić information content (AvgIpc) is 2.54. The Balaban J connectivity index is 2.01. The van der Waals surface area contributed by atoms with E-state index >= 15 is 0 Å². The summed E-state index contributed by atoms with van der Waals surface area (Å²) in [5, 5.41) is 0. The van der Waals surface area contributed by atoms with Crippen LogP contribution in [0.5, 0.6) is 11.5 Å². The molecule has 0 saturated heterocycles. The summed E-state index contributed by atoms with van der Waals surface area (Å²) in [6.07, 6.45) is 4.03. The fourth-order valence-electron chi connectivity index (χ4n) is 1.77. The SMILES string of the molecule is CCCOc1ccccc1/C=C/C(=O)Oc1ccc(Br)cc1. The van der Waals surface area contributed by atoms with Crippen molar-refractivity contribution in [2.75, 3.05) is 6.61 Å². The molecule has 0 unspecified atom stereocenters. The zero-order valence-electron chi connectivity index (χ0n) is 12.3. The van der Waals surface area contributed by atoms with Gasteiger partial charge in [0.25, 0.3) is 0 Å². The van der Waals surface area contributed by atoms with E-state index < -0.39 is 5.97 Å². The number of benzene rings is 2. The molecule has 2 rings (SSSR count). The van der Waals surface area contributed by atoms with Gasteiger partial charge < -0.3 is 9.47 Å². The van der Waals surface area contributed by atoms with E-state index in [9.17, 15) is 4.79 Å². The molecule has 0 aliphatic carbocycles.